The van der Waals surface area contributed by atoms with Crippen LogP contribution in [-0.2, 0) is 9.59 Å². The van der Waals surface area contributed by atoms with Gasteiger partial charge in [0.25, 0.3) is 0 Å². The lowest BCUT2D eigenvalue weighted by atomic mass is 10.0. The lowest BCUT2D eigenvalue weighted by molar-refractivity contribution is -0.127. The zero-order chi connectivity index (χ0) is 12.7. The molecule has 1 N–H and O–H groups in total. The third kappa shape index (κ3) is 4.46. The summed E-state index contributed by atoms with van der Waals surface area (Å²) in [6.07, 6.45) is 5.38. The zero-order valence-corrected chi connectivity index (χ0v) is 11.0. The molecule has 1 aliphatic rings. The second-order valence-corrected chi connectivity index (χ2v) is 4.66. The number of nitrogens with zero attached hydrogens (tertiary/aromatic N) is 1. The number of likely N-dealkylation sites (tertiary alicyclic amines) is 1. The van der Waals surface area contributed by atoms with E-state index in [1.165, 1.54) is 0 Å². The number of nitrogens with one attached hydrogen (secondary N) is 1. The number of amides is 1. The Labute approximate surface area is 104 Å². The minimum atomic E-state index is 0.0190. The van der Waals surface area contributed by atoms with Crippen molar-refractivity contribution in [3.8, 4) is 0 Å². The Hall–Kier alpha value is -0.900. The van der Waals surface area contributed by atoms with Crippen LogP contribution < -0.4 is 5.32 Å². The van der Waals surface area contributed by atoms with Gasteiger partial charge in [0.2, 0.25) is 5.91 Å². The molecule has 1 fully saturated rings. The van der Waals surface area contributed by atoms with E-state index in [1.54, 1.807) is 7.05 Å². The molecule has 1 amide bonds. The summed E-state index contributed by atoms with van der Waals surface area (Å²) in [4.78, 5) is 25.2. The van der Waals surface area contributed by atoms with Gasteiger partial charge in [-0.15, -0.1) is 0 Å². The maximum Gasteiger partial charge on any atom is 0.237 e. The number of rotatable bonds is 6. The standard InChI is InChI=1S/C13H24N2O2/c1-3-11(16)7-6-10-15-9-5-4-8-12(15)13(17)14-2/h12H,3-10H2,1-2H3,(H,14,17). The summed E-state index contributed by atoms with van der Waals surface area (Å²) in [5, 5.41) is 2.73. The third-order valence-electron chi connectivity index (χ3n) is 3.46. The summed E-state index contributed by atoms with van der Waals surface area (Å²) in [5.41, 5.74) is 0. The van der Waals surface area contributed by atoms with Gasteiger partial charge in [0.05, 0.1) is 6.04 Å². The van der Waals surface area contributed by atoms with Gasteiger partial charge in [-0.3, -0.25) is 14.5 Å². The first kappa shape index (κ1) is 14.2. The van der Waals surface area contributed by atoms with Crippen LogP contribution in [0.1, 0.15) is 45.4 Å². The number of Topliss-reactive ketones (excluding diaryl/α,β-unsaturated/α-hetero) is 1. The van der Waals surface area contributed by atoms with E-state index in [0.717, 1.165) is 38.8 Å². The Kier molecular flexibility index (Phi) is 6.19. The molecule has 0 aromatic rings. The summed E-state index contributed by atoms with van der Waals surface area (Å²) in [6.45, 7) is 3.75. The molecule has 0 radical (unpaired) electrons. The van der Waals surface area contributed by atoms with Crippen LogP contribution in [0.3, 0.4) is 0 Å². The van der Waals surface area contributed by atoms with Crippen LogP contribution in [0.4, 0.5) is 0 Å². The van der Waals surface area contributed by atoms with Crippen molar-refractivity contribution in [2.45, 2.75) is 51.5 Å². The highest BCUT2D eigenvalue weighted by Gasteiger charge is 2.27. The molecular weight excluding hydrogens is 216 g/mol. The van der Waals surface area contributed by atoms with Crippen molar-refractivity contribution < 1.29 is 9.59 Å². The van der Waals surface area contributed by atoms with Gasteiger partial charge in [-0.2, -0.15) is 0 Å². The summed E-state index contributed by atoms with van der Waals surface area (Å²) >= 11 is 0. The molecule has 98 valence electrons. The molecule has 0 saturated carbocycles. The summed E-state index contributed by atoms with van der Waals surface area (Å²) in [5.74, 6) is 0.435. The fourth-order valence-corrected chi connectivity index (χ4v) is 2.38. The van der Waals surface area contributed by atoms with E-state index in [0.29, 0.717) is 18.6 Å². The Morgan fingerprint density at radius 3 is 2.76 bits per heavy atom. The van der Waals surface area contributed by atoms with Gasteiger partial charge in [-0.25, -0.2) is 0 Å². The van der Waals surface area contributed by atoms with Crippen molar-refractivity contribution >= 4 is 11.7 Å². The van der Waals surface area contributed by atoms with Crippen molar-refractivity contribution in [1.29, 1.82) is 0 Å². The normalized spacial score (nSPS) is 21.2. The molecule has 17 heavy (non-hydrogen) atoms. The average molecular weight is 240 g/mol. The third-order valence-corrected chi connectivity index (χ3v) is 3.46. The molecule has 1 aliphatic heterocycles. The second kappa shape index (κ2) is 7.43. The monoisotopic (exact) mass is 240 g/mol. The second-order valence-electron chi connectivity index (χ2n) is 4.66. The number of hydrogen-bond acceptors (Lipinski definition) is 3. The highest BCUT2D eigenvalue weighted by atomic mass is 16.2. The van der Waals surface area contributed by atoms with Gasteiger partial charge < -0.3 is 5.32 Å². The minimum absolute atomic E-state index is 0.0190. The molecule has 0 spiro atoms. The first-order chi connectivity index (χ1) is 8.19. The van der Waals surface area contributed by atoms with Crippen LogP contribution in [0.5, 0.6) is 0 Å². The van der Waals surface area contributed by atoms with Gasteiger partial charge in [0, 0.05) is 19.9 Å². The van der Waals surface area contributed by atoms with Crippen molar-refractivity contribution in [2.75, 3.05) is 20.1 Å². The van der Waals surface area contributed by atoms with E-state index in [9.17, 15) is 9.59 Å². The largest absolute Gasteiger partial charge is 0.358 e. The van der Waals surface area contributed by atoms with E-state index >= 15 is 0 Å². The molecule has 1 heterocycles. The van der Waals surface area contributed by atoms with E-state index < -0.39 is 0 Å². The molecular formula is C13H24N2O2. The predicted octanol–water partition coefficient (Wildman–Crippen LogP) is 1.35. The van der Waals surface area contributed by atoms with Crippen molar-refractivity contribution in [3.05, 3.63) is 0 Å². The molecule has 0 bridgehead atoms. The van der Waals surface area contributed by atoms with Crippen LogP contribution in [-0.4, -0.2) is 42.8 Å². The van der Waals surface area contributed by atoms with Gasteiger partial charge in [0.1, 0.15) is 5.78 Å². The molecule has 1 saturated heterocycles. The lowest BCUT2D eigenvalue weighted by Crippen LogP contribution is -2.48. The number of hydrogen-bond donors (Lipinski definition) is 1. The molecule has 1 unspecified atom stereocenters. The van der Waals surface area contributed by atoms with Gasteiger partial charge >= 0.3 is 0 Å². The fourth-order valence-electron chi connectivity index (χ4n) is 2.38. The van der Waals surface area contributed by atoms with Gasteiger partial charge in [0.15, 0.2) is 0 Å². The highest BCUT2D eigenvalue weighted by molar-refractivity contribution is 5.81. The number of carbonyl (C=O) groups is 2. The minimum Gasteiger partial charge on any atom is -0.358 e. The van der Waals surface area contributed by atoms with Gasteiger partial charge in [-0.05, 0) is 32.4 Å². The predicted molar refractivity (Wildman–Crippen MR) is 67.8 cm³/mol. The molecule has 1 atom stereocenters. The van der Waals surface area contributed by atoms with Crippen molar-refractivity contribution in [2.24, 2.45) is 0 Å². The van der Waals surface area contributed by atoms with Gasteiger partial charge in [-0.1, -0.05) is 13.3 Å². The number of piperidine rings is 1. The van der Waals surface area contributed by atoms with Crippen LogP contribution in [0.2, 0.25) is 0 Å². The molecule has 1 rings (SSSR count). The average Bonchev–Trinajstić information content (AvgIpc) is 2.38. The van der Waals surface area contributed by atoms with Crippen molar-refractivity contribution in [3.63, 3.8) is 0 Å². The molecule has 0 aromatic carbocycles. The summed E-state index contributed by atoms with van der Waals surface area (Å²) < 4.78 is 0. The maximum absolute atomic E-state index is 11.7. The zero-order valence-electron chi connectivity index (χ0n) is 11.0. The Morgan fingerprint density at radius 1 is 1.35 bits per heavy atom. The number of likely N-dealkylation sites (N-methyl/N-ethyl adjacent to an activating group) is 1. The Bertz CT molecular complexity index is 266. The SMILES string of the molecule is CCC(=O)CCCN1CCCCC1C(=O)NC. The van der Waals surface area contributed by atoms with Crippen LogP contribution in [0, 0.1) is 0 Å². The Morgan fingerprint density at radius 2 is 2.12 bits per heavy atom. The summed E-state index contributed by atoms with van der Waals surface area (Å²) in [7, 11) is 1.69. The first-order valence-electron chi connectivity index (χ1n) is 6.66. The van der Waals surface area contributed by atoms with E-state index in [4.69, 9.17) is 0 Å². The summed E-state index contributed by atoms with van der Waals surface area (Å²) in [6, 6.07) is 0.0190. The highest BCUT2D eigenvalue weighted by Crippen LogP contribution is 2.17. The number of carbonyl (C=O) groups excluding carboxylic acids is 2. The molecule has 4 heteroatoms. The Balaban J connectivity index is 2.37. The molecule has 0 aromatic heterocycles. The quantitative estimate of drug-likeness (QED) is 0.762. The molecule has 4 nitrogen and oxygen atoms in total. The van der Waals surface area contributed by atoms with Crippen LogP contribution >= 0.6 is 0 Å². The lowest BCUT2D eigenvalue weighted by Gasteiger charge is -2.34. The van der Waals surface area contributed by atoms with Crippen LogP contribution in [0.15, 0.2) is 0 Å². The van der Waals surface area contributed by atoms with Crippen molar-refractivity contribution in [1.82, 2.24) is 10.2 Å². The van der Waals surface area contributed by atoms with E-state index in [2.05, 4.69) is 10.2 Å². The van der Waals surface area contributed by atoms with E-state index in [-0.39, 0.29) is 11.9 Å². The van der Waals surface area contributed by atoms with Crippen LogP contribution in [0.25, 0.3) is 0 Å². The molecule has 0 aliphatic carbocycles. The first-order valence-corrected chi connectivity index (χ1v) is 6.66. The fraction of sp³-hybridized carbons (Fsp3) is 0.846. The smallest absolute Gasteiger partial charge is 0.237 e. The topological polar surface area (TPSA) is 49.4 Å². The van der Waals surface area contributed by atoms with E-state index in [1.807, 2.05) is 6.92 Å². The number of ketones is 1. The maximum atomic E-state index is 11.7.